The van der Waals surface area contributed by atoms with Crippen LogP contribution in [0.3, 0.4) is 0 Å². The van der Waals surface area contributed by atoms with Gasteiger partial charge in [-0.2, -0.15) is 5.09 Å². The molecule has 5 atom stereocenters. The molecular formula is C27H34N3O10P. The number of para-hydroxylation sites is 1. The first-order chi connectivity index (χ1) is 19.5. The average molecular weight is 592 g/mol. The summed E-state index contributed by atoms with van der Waals surface area (Å²) < 4.78 is 41.7. The number of rotatable bonds is 13. The van der Waals surface area contributed by atoms with Crippen molar-refractivity contribution in [1.82, 2.24) is 14.6 Å². The molecule has 13 nitrogen and oxygen atoms in total. The quantitative estimate of drug-likeness (QED) is 0.152. The van der Waals surface area contributed by atoms with Gasteiger partial charge in [-0.1, -0.05) is 37.3 Å². The van der Waals surface area contributed by atoms with Crippen LogP contribution in [-0.2, 0) is 32.9 Å². The van der Waals surface area contributed by atoms with Crippen molar-refractivity contribution >= 4 is 25.8 Å². The third-order valence-corrected chi connectivity index (χ3v) is 7.68. The number of carbonyl (C=O) groups is 2. The van der Waals surface area contributed by atoms with Crippen LogP contribution in [0.15, 0.2) is 64.3 Å². The van der Waals surface area contributed by atoms with Gasteiger partial charge in [-0.15, -0.1) is 0 Å². The monoisotopic (exact) mass is 591 g/mol. The Labute approximate surface area is 236 Å². The molecule has 1 aromatic carbocycles. The van der Waals surface area contributed by atoms with Crippen molar-refractivity contribution in [3.8, 4) is 5.75 Å². The zero-order valence-corrected chi connectivity index (χ0v) is 24.1. The molecule has 0 bridgehead atoms. The van der Waals surface area contributed by atoms with Crippen LogP contribution >= 0.6 is 7.75 Å². The molecular weight excluding hydrogens is 557 g/mol. The van der Waals surface area contributed by atoms with Crippen LogP contribution in [0.2, 0.25) is 0 Å². The van der Waals surface area contributed by atoms with E-state index in [1.807, 2.05) is 6.92 Å². The van der Waals surface area contributed by atoms with E-state index in [2.05, 4.69) is 10.1 Å². The standard InChI is InChI=1S/C27H34N3O10P/c1-5-37-24(31)14-10-9-11-20-16-30(27(34)28-25(20)32)23-15-18(2)22(39-23)17-38-41(35,29-19(3)26(33)36-4)40-21-12-7-6-8-13-21/h6-14,16,18-19,22-23H,5,15,17H2,1-4H3,(H,29,35)(H,28,32,34)/b11-9+,14-10+/t18?,19-,22+,23+,41?/m0/s1. The normalized spacial score (nSPS) is 21.0. The van der Waals surface area contributed by atoms with E-state index < -0.39 is 49.3 Å². The van der Waals surface area contributed by atoms with Crippen molar-refractivity contribution in [3.05, 3.63) is 81.2 Å². The van der Waals surface area contributed by atoms with Gasteiger partial charge in [0.2, 0.25) is 0 Å². The average Bonchev–Trinajstić information content (AvgIpc) is 3.31. The third kappa shape index (κ3) is 9.12. The predicted octanol–water partition coefficient (Wildman–Crippen LogP) is 2.95. The van der Waals surface area contributed by atoms with E-state index in [0.717, 1.165) is 0 Å². The first-order valence-electron chi connectivity index (χ1n) is 12.9. The van der Waals surface area contributed by atoms with Crippen molar-refractivity contribution < 1.29 is 37.4 Å². The van der Waals surface area contributed by atoms with Gasteiger partial charge in [0.1, 0.15) is 18.0 Å². The first kappa shape index (κ1) is 31.8. The van der Waals surface area contributed by atoms with E-state index in [4.69, 9.17) is 23.3 Å². The minimum Gasteiger partial charge on any atom is -0.468 e. The van der Waals surface area contributed by atoms with E-state index in [1.165, 1.54) is 49.1 Å². The Balaban J connectivity index is 1.73. The molecule has 41 heavy (non-hydrogen) atoms. The molecule has 2 heterocycles. The fourth-order valence-electron chi connectivity index (χ4n) is 3.91. The molecule has 0 amide bonds. The number of methoxy groups -OCH3 is 1. The summed E-state index contributed by atoms with van der Waals surface area (Å²) in [6.07, 6.45) is 5.93. The van der Waals surface area contributed by atoms with Gasteiger partial charge in [-0.05, 0) is 44.4 Å². The second-order valence-electron chi connectivity index (χ2n) is 9.13. The summed E-state index contributed by atoms with van der Waals surface area (Å²) in [5.41, 5.74) is -1.11. The number of benzene rings is 1. The minimum absolute atomic E-state index is 0.145. The number of aromatic nitrogens is 2. The number of esters is 2. The Bertz CT molecular complexity index is 1420. The smallest absolute Gasteiger partial charge is 0.459 e. The second-order valence-corrected chi connectivity index (χ2v) is 10.8. The summed E-state index contributed by atoms with van der Waals surface area (Å²) in [4.78, 5) is 50.5. The van der Waals surface area contributed by atoms with Crippen molar-refractivity contribution in [3.63, 3.8) is 0 Å². The van der Waals surface area contributed by atoms with Gasteiger partial charge in [-0.3, -0.25) is 23.7 Å². The number of nitrogens with zero attached hydrogens (tertiary/aromatic N) is 1. The highest BCUT2D eigenvalue weighted by Crippen LogP contribution is 2.46. The summed E-state index contributed by atoms with van der Waals surface area (Å²) >= 11 is 0. The van der Waals surface area contributed by atoms with Crippen LogP contribution in [0, 0.1) is 5.92 Å². The van der Waals surface area contributed by atoms with Crippen LogP contribution in [0.25, 0.3) is 6.08 Å². The molecule has 1 aromatic heterocycles. The highest BCUT2D eigenvalue weighted by atomic mass is 31.2. The summed E-state index contributed by atoms with van der Waals surface area (Å²) in [6, 6.07) is 7.33. The van der Waals surface area contributed by atoms with Crippen LogP contribution < -0.4 is 20.9 Å². The zero-order chi connectivity index (χ0) is 30.0. The van der Waals surface area contributed by atoms with E-state index in [0.29, 0.717) is 6.42 Å². The Morgan fingerprint density at radius 2 is 1.98 bits per heavy atom. The summed E-state index contributed by atoms with van der Waals surface area (Å²) in [6.45, 7) is 5.07. The Kier molecular flexibility index (Phi) is 11.4. The molecule has 0 saturated carbocycles. The molecule has 2 N–H and O–H groups in total. The molecule has 2 aromatic rings. The Hall–Kier alpha value is -3.77. The summed E-state index contributed by atoms with van der Waals surface area (Å²) in [5, 5.41) is 2.58. The molecule has 0 aliphatic carbocycles. The minimum atomic E-state index is -4.08. The summed E-state index contributed by atoms with van der Waals surface area (Å²) in [5.74, 6) is -1.06. The van der Waals surface area contributed by atoms with Gasteiger partial charge in [-0.25, -0.2) is 14.2 Å². The molecule has 1 saturated heterocycles. The highest BCUT2D eigenvalue weighted by Gasteiger charge is 2.38. The van der Waals surface area contributed by atoms with Crippen molar-refractivity contribution in [2.24, 2.45) is 5.92 Å². The summed E-state index contributed by atoms with van der Waals surface area (Å²) in [7, 11) is -2.87. The first-order valence-corrected chi connectivity index (χ1v) is 14.5. The van der Waals surface area contributed by atoms with Crippen LogP contribution in [0.1, 0.15) is 39.0 Å². The highest BCUT2D eigenvalue weighted by molar-refractivity contribution is 7.52. The predicted molar refractivity (Wildman–Crippen MR) is 149 cm³/mol. The molecule has 1 aliphatic rings. The van der Waals surface area contributed by atoms with Gasteiger partial charge in [0.25, 0.3) is 5.56 Å². The lowest BCUT2D eigenvalue weighted by atomic mass is 10.0. The number of hydrogen-bond acceptors (Lipinski definition) is 10. The van der Waals surface area contributed by atoms with Gasteiger partial charge in [0, 0.05) is 12.3 Å². The molecule has 14 heteroatoms. The van der Waals surface area contributed by atoms with E-state index >= 15 is 0 Å². The van der Waals surface area contributed by atoms with E-state index in [1.54, 1.807) is 37.3 Å². The molecule has 0 spiro atoms. The fourth-order valence-corrected chi connectivity index (χ4v) is 5.41. The number of allylic oxidation sites excluding steroid dienone is 2. The molecule has 1 fully saturated rings. The molecule has 2 unspecified atom stereocenters. The molecule has 222 valence electrons. The molecule has 1 aliphatic heterocycles. The maximum atomic E-state index is 13.6. The van der Waals surface area contributed by atoms with Gasteiger partial charge in [0.05, 0.1) is 32.0 Å². The molecule has 0 radical (unpaired) electrons. The topological polar surface area (TPSA) is 164 Å². The maximum absolute atomic E-state index is 13.6. The van der Waals surface area contributed by atoms with Crippen molar-refractivity contribution in [1.29, 1.82) is 0 Å². The van der Waals surface area contributed by atoms with Gasteiger partial charge < -0.3 is 18.7 Å². The zero-order valence-electron chi connectivity index (χ0n) is 23.2. The Morgan fingerprint density at radius 3 is 2.66 bits per heavy atom. The van der Waals surface area contributed by atoms with Crippen LogP contribution in [0.5, 0.6) is 5.75 Å². The lowest BCUT2D eigenvalue weighted by Crippen LogP contribution is -2.35. The van der Waals surface area contributed by atoms with Gasteiger partial charge in [0.15, 0.2) is 0 Å². The van der Waals surface area contributed by atoms with Crippen LogP contribution in [0.4, 0.5) is 0 Å². The van der Waals surface area contributed by atoms with E-state index in [-0.39, 0.29) is 30.4 Å². The lowest BCUT2D eigenvalue weighted by molar-refractivity contribution is -0.142. The number of nitrogens with one attached hydrogen (secondary N) is 2. The number of hydrogen-bond donors (Lipinski definition) is 2. The van der Waals surface area contributed by atoms with Crippen molar-refractivity contribution in [2.75, 3.05) is 20.3 Å². The number of ether oxygens (including phenoxy) is 3. The third-order valence-electron chi connectivity index (χ3n) is 6.04. The van der Waals surface area contributed by atoms with Gasteiger partial charge >= 0.3 is 25.4 Å². The Morgan fingerprint density at radius 1 is 1.24 bits per heavy atom. The number of H-pyrrole nitrogens is 1. The number of aromatic amines is 1. The maximum Gasteiger partial charge on any atom is 0.459 e. The lowest BCUT2D eigenvalue weighted by Gasteiger charge is -2.24. The van der Waals surface area contributed by atoms with Crippen LogP contribution in [-0.4, -0.2) is 54.0 Å². The molecule has 3 rings (SSSR count). The SMILES string of the molecule is CCOC(=O)/C=C/C=C/c1cn([C@H]2CC(C)[C@@H](COP(=O)(N[C@@H](C)C(=O)OC)Oc3ccccc3)O2)c(=O)[nH]c1=O. The number of carbonyl (C=O) groups excluding carboxylic acids is 2. The van der Waals surface area contributed by atoms with Crippen molar-refractivity contribution in [2.45, 2.75) is 45.6 Å². The second kappa shape index (κ2) is 14.7. The van der Waals surface area contributed by atoms with E-state index in [9.17, 15) is 23.7 Å². The largest absolute Gasteiger partial charge is 0.468 e. The fraction of sp³-hybridized carbons (Fsp3) is 0.407.